The Balaban J connectivity index is 2.49. The van der Waals surface area contributed by atoms with Crippen LogP contribution < -0.4 is 5.73 Å². The second kappa shape index (κ2) is 3.68. The van der Waals surface area contributed by atoms with Crippen molar-refractivity contribution in [2.45, 2.75) is 0 Å². The summed E-state index contributed by atoms with van der Waals surface area (Å²) in [5.41, 5.74) is 7.86. The summed E-state index contributed by atoms with van der Waals surface area (Å²) in [5, 5.41) is 1.28. The Kier molecular flexibility index (Phi) is 2.37. The third-order valence-corrected chi connectivity index (χ3v) is 2.36. The van der Waals surface area contributed by atoms with E-state index in [0.29, 0.717) is 6.54 Å². The van der Waals surface area contributed by atoms with Crippen LogP contribution in [0.15, 0.2) is 36.5 Å². The summed E-state index contributed by atoms with van der Waals surface area (Å²) in [6.07, 6.45) is 6.08. The van der Waals surface area contributed by atoms with Crippen molar-refractivity contribution in [2.24, 2.45) is 12.8 Å². The number of hydrogen-bond donors (Lipinski definition) is 1. The van der Waals surface area contributed by atoms with Gasteiger partial charge < -0.3 is 10.3 Å². The van der Waals surface area contributed by atoms with Gasteiger partial charge >= 0.3 is 0 Å². The molecule has 1 aromatic heterocycles. The molecule has 1 heterocycles. The van der Waals surface area contributed by atoms with Crippen LogP contribution in [-0.4, -0.2) is 11.1 Å². The Morgan fingerprint density at radius 2 is 2.21 bits per heavy atom. The molecule has 2 N–H and O–H groups in total. The lowest BCUT2D eigenvalue weighted by atomic mass is 10.1. The van der Waals surface area contributed by atoms with Crippen LogP contribution in [0.3, 0.4) is 0 Å². The van der Waals surface area contributed by atoms with Crippen molar-refractivity contribution < 1.29 is 0 Å². The van der Waals surface area contributed by atoms with E-state index < -0.39 is 0 Å². The van der Waals surface area contributed by atoms with E-state index in [1.807, 2.05) is 12.2 Å². The molecule has 1 aromatic carbocycles. The maximum absolute atomic E-state index is 5.41. The Bertz CT molecular complexity index is 466. The quantitative estimate of drug-likeness (QED) is 0.765. The number of fused-ring (bicyclic) bond motifs is 1. The van der Waals surface area contributed by atoms with Gasteiger partial charge in [0, 0.05) is 25.3 Å². The molecule has 0 atom stereocenters. The van der Waals surface area contributed by atoms with Gasteiger partial charge in [-0.2, -0.15) is 0 Å². The second-order valence-electron chi connectivity index (χ2n) is 3.38. The largest absolute Gasteiger partial charge is 0.351 e. The number of hydrogen-bond acceptors (Lipinski definition) is 1. The van der Waals surface area contributed by atoms with Crippen molar-refractivity contribution in [1.29, 1.82) is 0 Å². The molecule has 2 rings (SSSR count). The first kappa shape index (κ1) is 9.03. The smallest absolute Gasteiger partial charge is 0.0483 e. The SMILES string of the molecule is Cn1ccc2ccc(/C=C/CN)cc21. The molecule has 0 bridgehead atoms. The summed E-state index contributed by atoms with van der Waals surface area (Å²) in [6, 6.07) is 8.52. The van der Waals surface area contributed by atoms with Crippen molar-refractivity contribution in [1.82, 2.24) is 4.57 Å². The van der Waals surface area contributed by atoms with Gasteiger partial charge in [-0.25, -0.2) is 0 Å². The zero-order chi connectivity index (χ0) is 9.97. The van der Waals surface area contributed by atoms with Gasteiger partial charge in [0.1, 0.15) is 0 Å². The number of nitrogens with two attached hydrogens (primary N) is 1. The topological polar surface area (TPSA) is 30.9 Å². The minimum absolute atomic E-state index is 0.588. The lowest BCUT2D eigenvalue weighted by Crippen LogP contribution is -1.92. The summed E-state index contributed by atoms with van der Waals surface area (Å²) in [7, 11) is 2.05. The molecular weight excluding hydrogens is 172 g/mol. The number of nitrogens with zero attached hydrogens (tertiary/aromatic N) is 1. The molecule has 0 aliphatic carbocycles. The van der Waals surface area contributed by atoms with E-state index in [2.05, 4.69) is 42.1 Å². The van der Waals surface area contributed by atoms with Gasteiger partial charge in [-0.05, 0) is 23.1 Å². The van der Waals surface area contributed by atoms with Crippen LogP contribution in [0.1, 0.15) is 5.56 Å². The van der Waals surface area contributed by atoms with Crippen molar-refractivity contribution in [3.8, 4) is 0 Å². The fourth-order valence-electron chi connectivity index (χ4n) is 1.59. The maximum atomic E-state index is 5.41. The van der Waals surface area contributed by atoms with E-state index in [1.54, 1.807) is 0 Å². The van der Waals surface area contributed by atoms with Gasteiger partial charge in [0.25, 0.3) is 0 Å². The van der Waals surface area contributed by atoms with Crippen LogP contribution in [-0.2, 0) is 7.05 Å². The Hall–Kier alpha value is -1.54. The van der Waals surface area contributed by atoms with Crippen LogP contribution in [0, 0.1) is 0 Å². The predicted molar refractivity (Wildman–Crippen MR) is 61.0 cm³/mol. The average Bonchev–Trinajstić information content (AvgIpc) is 2.57. The van der Waals surface area contributed by atoms with Crippen LogP contribution in [0.2, 0.25) is 0 Å². The second-order valence-corrected chi connectivity index (χ2v) is 3.38. The van der Waals surface area contributed by atoms with Crippen molar-refractivity contribution in [2.75, 3.05) is 6.54 Å². The maximum Gasteiger partial charge on any atom is 0.0483 e. The molecule has 0 fully saturated rings. The minimum atomic E-state index is 0.588. The first-order valence-corrected chi connectivity index (χ1v) is 4.73. The molecule has 0 saturated carbocycles. The molecule has 14 heavy (non-hydrogen) atoms. The molecular formula is C12H14N2. The molecule has 0 aliphatic heterocycles. The van der Waals surface area contributed by atoms with Crippen molar-refractivity contribution >= 4 is 17.0 Å². The summed E-state index contributed by atoms with van der Waals surface area (Å²) in [4.78, 5) is 0. The van der Waals surface area contributed by atoms with Gasteiger partial charge in [0.15, 0.2) is 0 Å². The van der Waals surface area contributed by atoms with Gasteiger partial charge in [-0.15, -0.1) is 0 Å². The molecule has 0 radical (unpaired) electrons. The standard InChI is InChI=1S/C12H14N2/c1-14-8-6-11-5-4-10(3-2-7-13)9-12(11)14/h2-6,8-9H,7,13H2,1H3/b3-2+. The zero-order valence-electron chi connectivity index (χ0n) is 8.27. The Labute approximate surface area is 83.6 Å². The molecule has 2 nitrogen and oxygen atoms in total. The van der Waals surface area contributed by atoms with Gasteiger partial charge in [0.2, 0.25) is 0 Å². The molecule has 0 saturated heterocycles. The lowest BCUT2D eigenvalue weighted by Gasteiger charge is -1.98. The minimum Gasteiger partial charge on any atom is -0.351 e. The van der Waals surface area contributed by atoms with Crippen LogP contribution in [0.5, 0.6) is 0 Å². The highest BCUT2D eigenvalue weighted by atomic mass is 14.9. The number of benzene rings is 1. The Morgan fingerprint density at radius 1 is 1.36 bits per heavy atom. The summed E-state index contributed by atoms with van der Waals surface area (Å²) in [6.45, 7) is 0.588. The number of aromatic nitrogens is 1. The number of rotatable bonds is 2. The van der Waals surface area contributed by atoms with Crippen molar-refractivity contribution in [3.63, 3.8) is 0 Å². The zero-order valence-corrected chi connectivity index (χ0v) is 8.27. The number of aryl methyl sites for hydroxylation is 1. The fraction of sp³-hybridized carbons (Fsp3) is 0.167. The Morgan fingerprint density at radius 3 is 3.00 bits per heavy atom. The highest BCUT2D eigenvalue weighted by Crippen LogP contribution is 2.17. The summed E-state index contributed by atoms with van der Waals surface area (Å²) in [5.74, 6) is 0. The van der Waals surface area contributed by atoms with Gasteiger partial charge in [0.05, 0.1) is 0 Å². The van der Waals surface area contributed by atoms with E-state index >= 15 is 0 Å². The van der Waals surface area contributed by atoms with Crippen LogP contribution in [0.25, 0.3) is 17.0 Å². The predicted octanol–water partition coefficient (Wildman–Crippen LogP) is 2.15. The molecule has 0 amide bonds. The normalized spacial score (nSPS) is 11.6. The molecule has 2 aromatic rings. The van der Waals surface area contributed by atoms with E-state index in [4.69, 9.17) is 5.73 Å². The van der Waals surface area contributed by atoms with E-state index in [-0.39, 0.29) is 0 Å². The lowest BCUT2D eigenvalue weighted by molar-refractivity contribution is 0.969. The molecule has 72 valence electrons. The van der Waals surface area contributed by atoms with Gasteiger partial charge in [-0.1, -0.05) is 24.3 Å². The summed E-state index contributed by atoms with van der Waals surface area (Å²) >= 11 is 0. The van der Waals surface area contributed by atoms with E-state index in [1.165, 1.54) is 16.5 Å². The van der Waals surface area contributed by atoms with E-state index in [0.717, 1.165) is 0 Å². The highest BCUT2D eigenvalue weighted by molar-refractivity contribution is 5.82. The third-order valence-electron chi connectivity index (χ3n) is 2.36. The first-order valence-electron chi connectivity index (χ1n) is 4.73. The molecule has 0 unspecified atom stereocenters. The van der Waals surface area contributed by atoms with Gasteiger partial charge in [-0.3, -0.25) is 0 Å². The fourth-order valence-corrected chi connectivity index (χ4v) is 1.59. The monoisotopic (exact) mass is 186 g/mol. The molecule has 0 aliphatic rings. The summed E-state index contributed by atoms with van der Waals surface area (Å²) < 4.78 is 2.12. The highest BCUT2D eigenvalue weighted by Gasteiger charge is 1.96. The third kappa shape index (κ3) is 1.56. The van der Waals surface area contributed by atoms with Crippen molar-refractivity contribution in [3.05, 3.63) is 42.1 Å². The van der Waals surface area contributed by atoms with Crippen LogP contribution in [0.4, 0.5) is 0 Å². The average molecular weight is 186 g/mol. The molecule has 2 heteroatoms. The van der Waals surface area contributed by atoms with E-state index in [9.17, 15) is 0 Å². The van der Waals surface area contributed by atoms with Crippen LogP contribution >= 0.6 is 0 Å². The first-order chi connectivity index (χ1) is 6.81. The molecule has 0 spiro atoms.